The molecule has 1 heterocycles. The monoisotopic (exact) mass is 306 g/mol. The largest absolute Gasteiger partial charge is 0.333 e. The summed E-state index contributed by atoms with van der Waals surface area (Å²) in [7, 11) is 0. The van der Waals surface area contributed by atoms with Crippen molar-refractivity contribution in [3.8, 4) is 0 Å². The first kappa shape index (κ1) is 14.5. The Kier molecular flexibility index (Phi) is 3.88. The molecule has 2 fully saturated rings. The van der Waals surface area contributed by atoms with Crippen LogP contribution in [0, 0.1) is 11.8 Å². The minimum absolute atomic E-state index is 0.417. The van der Waals surface area contributed by atoms with Crippen LogP contribution >= 0.6 is 0 Å². The first-order chi connectivity index (χ1) is 11.4. The lowest BCUT2D eigenvalue weighted by Crippen LogP contribution is -2.92. The normalized spacial score (nSPS) is 30.0. The molecule has 1 saturated heterocycles. The lowest BCUT2D eigenvalue weighted by Gasteiger charge is -2.44. The molecular formula is C20H24N3+. The molecule has 0 unspecified atom stereocenters. The van der Waals surface area contributed by atoms with Crippen molar-refractivity contribution in [2.75, 3.05) is 0 Å². The first-order valence-corrected chi connectivity index (χ1v) is 8.61. The molecule has 1 aliphatic heterocycles. The number of nitrogens with two attached hydrogens (primary N) is 2. The van der Waals surface area contributed by atoms with Gasteiger partial charge in [-0.1, -0.05) is 67.1 Å². The van der Waals surface area contributed by atoms with Gasteiger partial charge in [0.25, 0.3) is 0 Å². The van der Waals surface area contributed by atoms with Crippen LogP contribution in [0.1, 0.15) is 42.5 Å². The fraction of sp³-hybridized carbons (Fsp3) is 0.350. The van der Waals surface area contributed by atoms with Crippen LogP contribution in [0.15, 0.2) is 65.8 Å². The zero-order valence-corrected chi connectivity index (χ0v) is 13.3. The van der Waals surface area contributed by atoms with Gasteiger partial charge in [0, 0.05) is 11.1 Å². The van der Waals surface area contributed by atoms with E-state index in [4.69, 9.17) is 5.84 Å². The van der Waals surface area contributed by atoms with E-state index in [1.54, 1.807) is 0 Å². The molecule has 4 rings (SSSR count). The van der Waals surface area contributed by atoms with E-state index < -0.39 is 0 Å². The zero-order chi connectivity index (χ0) is 15.6. The average molecular weight is 306 g/mol. The molecule has 2 aliphatic rings. The molecule has 0 amide bonds. The molecule has 0 spiro atoms. The van der Waals surface area contributed by atoms with Gasteiger partial charge < -0.3 is 11.2 Å². The highest BCUT2D eigenvalue weighted by atomic mass is 15.1. The van der Waals surface area contributed by atoms with Crippen molar-refractivity contribution >= 4 is 5.71 Å². The van der Waals surface area contributed by atoms with E-state index in [2.05, 4.69) is 71.1 Å². The molecular weight excluding hydrogens is 282 g/mol. The number of hydrogen-bond donors (Lipinski definition) is 2. The van der Waals surface area contributed by atoms with Crippen molar-refractivity contribution in [1.82, 2.24) is 0 Å². The minimum atomic E-state index is 0.417. The summed E-state index contributed by atoms with van der Waals surface area (Å²) >= 11 is 0. The smallest absolute Gasteiger partial charge is 0.120 e. The maximum Gasteiger partial charge on any atom is 0.120 e. The second-order valence-corrected chi connectivity index (χ2v) is 6.76. The number of benzene rings is 2. The molecule has 4 atom stereocenters. The number of piperidine rings is 1. The Balaban J connectivity index is 1.76. The second-order valence-electron chi connectivity index (χ2n) is 6.76. The lowest BCUT2D eigenvalue weighted by atomic mass is 9.67. The van der Waals surface area contributed by atoms with Gasteiger partial charge >= 0.3 is 0 Å². The quantitative estimate of drug-likeness (QED) is 0.650. The maximum absolute atomic E-state index is 5.85. The summed E-state index contributed by atoms with van der Waals surface area (Å²) in [5.74, 6) is 6.79. The SMILES string of the molecule is NN=C1[C@@H]2CCC[C@@H]1[C@@H](c1ccccc1)[NH2+][C@@H]2c1ccccc1. The van der Waals surface area contributed by atoms with E-state index in [1.165, 1.54) is 36.1 Å². The zero-order valence-electron chi connectivity index (χ0n) is 13.3. The van der Waals surface area contributed by atoms with Crippen LogP contribution in [-0.4, -0.2) is 5.71 Å². The van der Waals surface area contributed by atoms with E-state index in [9.17, 15) is 0 Å². The van der Waals surface area contributed by atoms with Crippen LogP contribution in [-0.2, 0) is 0 Å². The summed E-state index contributed by atoms with van der Waals surface area (Å²) in [6.07, 6.45) is 3.67. The average Bonchev–Trinajstić information content (AvgIpc) is 2.63. The standard InChI is InChI=1S/C20H23N3/c21-23-20-16-12-7-13-17(20)19(15-10-5-2-6-11-15)22-18(16)14-8-3-1-4-9-14/h1-6,8-11,16-19,22H,7,12-13,21H2/p+1/t16-,17-,18-,19-/m1/s1. The molecule has 3 heteroatoms. The van der Waals surface area contributed by atoms with Crippen molar-refractivity contribution < 1.29 is 5.32 Å². The Bertz CT molecular complexity index is 625. The summed E-state index contributed by atoms with van der Waals surface area (Å²) < 4.78 is 0. The summed E-state index contributed by atoms with van der Waals surface area (Å²) in [5, 5.41) is 6.84. The van der Waals surface area contributed by atoms with Gasteiger partial charge in [-0.05, 0) is 12.8 Å². The van der Waals surface area contributed by atoms with E-state index in [-0.39, 0.29) is 0 Å². The predicted octanol–water partition coefficient (Wildman–Crippen LogP) is 2.78. The highest BCUT2D eigenvalue weighted by Gasteiger charge is 2.48. The van der Waals surface area contributed by atoms with E-state index in [1.807, 2.05) is 0 Å². The fourth-order valence-corrected chi connectivity index (χ4v) is 4.58. The molecule has 1 saturated carbocycles. The van der Waals surface area contributed by atoms with Crippen LogP contribution in [0.4, 0.5) is 0 Å². The molecule has 3 nitrogen and oxygen atoms in total. The van der Waals surface area contributed by atoms with Crippen LogP contribution in [0.2, 0.25) is 0 Å². The molecule has 2 bridgehead atoms. The van der Waals surface area contributed by atoms with Crippen LogP contribution in [0.25, 0.3) is 0 Å². The van der Waals surface area contributed by atoms with Crippen molar-refractivity contribution in [2.24, 2.45) is 22.8 Å². The van der Waals surface area contributed by atoms with Gasteiger partial charge in [0.05, 0.1) is 17.5 Å². The topological polar surface area (TPSA) is 55.0 Å². The number of quaternary nitrogens is 1. The van der Waals surface area contributed by atoms with Gasteiger partial charge in [-0.25, -0.2) is 0 Å². The number of hydrogen-bond acceptors (Lipinski definition) is 2. The Morgan fingerprint density at radius 3 is 1.70 bits per heavy atom. The Labute approximate surface area is 137 Å². The predicted molar refractivity (Wildman–Crippen MR) is 92.7 cm³/mol. The lowest BCUT2D eigenvalue weighted by molar-refractivity contribution is -0.749. The van der Waals surface area contributed by atoms with E-state index >= 15 is 0 Å². The summed E-state index contributed by atoms with van der Waals surface area (Å²) in [4.78, 5) is 0. The van der Waals surface area contributed by atoms with Crippen molar-refractivity contribution in [3.63, 3.8) is 0 Å². The molecule has 0 aromatic heterocycles. The van der Waals surface area contributed by atoms with Gasteiger partial charge in [-0.3, -0.25) is 0 Å². The molecule has 4 N–H and O–H groups in total. The third kappa shape index (κ3) is 2.55. The van der Waals surface area contributed by atoms with Gasteiger partial charge in [0.15, 0.2) is 0 Å². The van der Waals surface area contributed by atoms with Gasteiger partial charge in [0.2, 0.25) is 0 Å². The highest BCUT2D eigenvalue weighted by molar-refractivity contribution is 5.91. The third-order valence-electron chi connectivity index (χ3n) is 5.59. The second kappa shape index (κ2) is 6.17. The fourth-order valence-electron chi connectivity index (χ4n) is 4.58. The number of hydrazone groups is 1. The Morgan fingerprint density at radius 1 is 0.783 bits per heavy atom. The molecule has 0 radical (unpaired) electrons. The molecule has 23 heavy (non-hydrogen) atoms. The van der Waals surface area contributed by atoms with Gasteiger partial charge in [-0.15, -0.1) is 0 Å². The van der Waals surface area contributed by atoms with Crippen molar-refractivity contribution in [2.45, 2.75) is 31.3 Å². The van der Waals surface area contributed by atoms with Crippen LogP contribution < -0.4 is 11.2 Å². The minimum Gasteiger partial charge on any atom is -0.333 e. The highest BCUT2D eigenvalue weighted by Crippen LogP contribution is 2.42. The van der Waals surface area contributed by atoms with Crippen LogP contribution in [0.3, 0.4) is 0 Å². The number of fused-ring (bicyclic) bond motifs is 2. The van der Waals surface area contributed by atoms with Crippen molar-refractivity contribution in [1.29, 1.82) is 0 Å². The van der Waals surface area contributed by atoms with Gasteiger partial charge in [-0.2, -0.15) is 5.10 Å². The third-order valence-corrected chi connectivity index (χ3v) is 5.59. The van der Waals surface area contributed by atoms with Crippen molar-refractivity contribution in [3.05, 3.63) is 71.8 Å². The number of nitrogens with zero attached hydrogens (tertiary/aromatic N) is 1. The molecule has 118 valence electrons. The van der Waals surface area contributed by atoms with Gasteiger partial charge in [0.1, 0.15) is 12.1 Å². The number of rotatable bonds is 2. The van der Waals surface area contributed by atoms with Crippen LogP contribution in [0.5, 0.6) is 0 Å². The summed E-state index contributed by atoms with van der Waals surface area (Å²) in [6.45, 7) is 0. The maximum atomic E-state index is 5.85. The molecule has 1 aliphatic carbocycles. The molecule has 2 aromatic carbocycles. The van der Waals surface area contributed by atoms with E-state index in [0.29, 0.717) is 23.9 Å². The first-order valence-electron chi connectivity index (χ1n) is 8.61. The van der Waals surface area contributed by atoms with E-state index in [0.717, 1.165) is 0 Å². The summed E-state index contributed by atoms with van der Waals surface area (Å²) in [6, 6.07) is 22.5. The Morgan fingerprint density at radius 2 is 1.26 bits per heavy atom. The summed E-state index contributed by atoms with van der Waals surface area (Å²) in [5.41, 5.74) is 4.02. The molecule has 2 aromatic rings. The Hall–Kier alpha value is -2.13.